The monoisotopic (exact) mass is 285 g/mol. The second kappa shape index (κ2) is 8.57. The van der Waals surface area contributed by atoms with Gasteiger partial charge >= 0.3 is 0 Å². The Morgan fingerprint density at radius 2 is 2.00 bits per heavy atom. The summed E-state index contributed by atoms with van der Waals surface area (Å²) >= 11 is 0. The molecule has 21 heavy (non-hydrogen) atoms. The Hall–Kier alpha value is -2.57. The third-order valence-corrected chi connectivity index (χ3v) is 3.12. The quantitative estimate of drug-likeness (QED) is 0.585. The first-order chi connectivity index (χ1) is 10.1. The number of nitrogens with two attached hydrogens (primary N) is 1. The first-order valence-electron chi connectivity index (χ1n) is 6.69. The van der Waals surface area contributed by atoms with Gasteiger partial charge in [-0.25, -0.2) is 0 Å². The summed E-state index contributed by atoms with van der Waals surface area (Å²) in [5, 5.41) is 20.1. The van der Waals surface area contributed by atoms with Gasteiger partial charge in [-0.2, -0.15) is 10.5 Å². The van der Waals surface area contributed by atoms with E-state index in [0.717, 1.165) is 5.56 Å². The molecule has 0 fully saturated rings. The third kappa shape index (κ3) is 5.52. The molecule has 0 aromatic heterocycles. The Morgan fingerprint density at radius 1 is 1.33 bits per heavy atom. The molecule has 0 aliphatic rings. The molecule has 0 unspecified atom stereocenters. The third-order valence-electron chi connectivity index (χ3n) is 3.12. The SMILES string of the molecule is Cc1c(N)cccc1NC(=O)CCCN(CC#N)CC#N. The van der Waals surface area contributed by atoms with Crippen molar-refractivity contribution < 1.29 is 4.79 Å². The Labute approximate surface area is 124 Å². The normalized spacial score (nSPS) is 9.90. The van der Waals surface area contributed by atoms with Crippen LogP contribution in [0.2, 0.25) is 0 Å². The molecule has 0 aliphatic carbocycles. The van der Waals surface area contributed by atoms with E-state index in [-0.39, 0.29) is 19.0 Å². The van der Waals surface area contributed by atoms with Crippen LogP contribution in [-0.4, -0.2) is 30.4 Å². The Balaban J connectivity index is 2.43. The predicted octanol–water partition coefficient (Wildman–Crippen LogP) is 1.65. The van der Waals surface area contributed by atoms with Gasteiger partial charge in [0, 0.05) is 24.3 Å². The van der Waals surface area contributed by atoms with Crippen LogP contribution in [0.3, 0.4) is 0 Å². The van der Waals surface area contributed by atoms with Gasteiger partial charge in [-0.1, -0.05) is 6.07 Å². The molecule has 0 spiro atoms. The molecule has 0 saturated carbocycles. The van der Waals surface area contributed by atoms with Crippen LogP contribution in [0.15, 0.2) is 18.2 Å². The molecule has 0 aliphatic heterocycles. The molecule has 1 aromatic rings. The standard InChI is InChI=1S/C15H19N5O/c1-12-13(18)4-2-5-14(12)19-15(21)6-3-9-20(10-7-16)11-8-17/h2,4-5H,3,6,9-11,18H2,1H3,(H,19,21). The van der Waals surface area contributed by atoms with Crippen LogP contribution in [0.25, 0.3) is 0 Å². The lowest BCUT2D eigenvalue weighted by atomic mass is 10.1. The van der Waals surface area contributed by atoms with Gasteiger partial charge in [-0.3, -0.25) is 9.69 Å². The highest BCUT2D eigenvalue weighted by molar-refractivity contribution is 5.92. The van der Waals surface area contributed by atoms with Crippen molar-refractivity contribution in [3.8, 4) is 12.1 Å². The highest BCUT2D eigenvalue weighted by Crippen LogP contribution is 2.20. The molecule has 110 valence electrons. The van der Waals surface area contributed by atoms with Crippen LogP contribution >= 0.6 is 0 Å². The van der Waals surface area contributed by atoms with Crippen molar-refractivity contribution >= 4 is 17.3 Å². The van der Waals surface area contributed by atoms with Crippen molar-refractivity contribution in [3.05, 3.63) is 23.8 Å². The first-order valence-corrected chi connectivity index (χ1v) is 6.69. The number of amides is 1. The number of nitrogens with one attached hydrogen (secondary N) is 1. The molecule has 0 radical (unpaired) electrons. The molecule has 1 rings (SSSR count). The van der Waals surface area contributed by atoms with Gasteiger partial charge in [0.05, 0.1) is 25.2 Å². The lowest BCUT2D eigenvalue weighted by Gasteiger charge is -2.15. The second-order valence-electron chi connectivity index (χ2n) is 4.70. The van der Waals surface area contributed by atoms with Crippen LogP contribution in [-0.2, 0) is 4.79 Å². The number of nitrogens with zero attached hydrogens (tertiary/aromatic N) is 3. The van der Waals surface area contributed by atoms with E-state index in [1.165, 1.54) is 0 Å². The fourth-order valence-corrected chi connectivity index (χ4v) is 1.88. The van der Waals surface area contributed by atoms with Gasteiger partial charge in [-0.05, 0) is 31.0 Å². The number of rotatable bonds is 7. The molecule has 0 heterocycles. The molecule has 6 nitrogen and oxygen atoms in total. The Morgan fingerprint density at radius 3 is 2.62 bits per heavy atom. The van der Waals surface area contributed by atoms with E-state index < -0.39 is 0 Å². The number of benzene rings is 1. The maximum Gasteiger partial charge on any atom is 0.224 e. The molecule has 1 amide bonds. The molecule has 1 aromatic carbocycles. The van der Waals surface area contributed by atoms with Crippen molar-refractivity contribution in [1.82, 2.24) is 4.90 Å². The molecule has 3 N–H and O–H groups in total. The summed E-state index contributed by atoms with van der Waals surface area (Å²) in [6.07, 6.45) is 0.929. The summed E-state index contributed by atoms with van der Waals surface area (Å²) in [5.74, 6) is -0.0995. The van der Waals surface area contributed by atoms with Gasteiger partial charge in [0.2, 0.25) is 5.91 Å². The summed E-state index contributed by atoms with van der Waals surface area (Å²) < 4.78 is 0. The van der Waals surface area contributed by atoms with E-state index in [9.17, 15) is 4.79 Å². The summed E-state index contributed by atoms with van der Waals surface area (Å²) in [7, 11) is 0. The van der Waals surface area contributed by atoms with Gasteiger partial charge in [0.1, 0.15) is 0 Å². The lowest BCUT2D eigenvalue weighted by molar-refractivity contribution is -0.116. The number of nitrogen functional groups attached to an aromatic ring is 1. The number of hydrogen-bond acceptors (Lipinski definition) is 5. The van der Waals surface area contributed by atoms with Crippen molar-refractivity contribution in [2.75, 3.05) is 30.7 Å². The largest absolute Gasteiger partial charge is 0.398 e. The minimum absolute atomic E-state index is 0.0995. The molecular formula is C15H19N5O. The number of carbonyl (C=O) groups is 1. The highest BCUT2D eigenvalue weighted by atomic mass is 16.1. The average molecular weight is 285 g/mol. The molecule has 0 saturated heterocycles. The van der Waals surface area contributed by atoms with Crippen LogP contribution in [0, 0.1) is 29.6 Å². The fourth-order valence-electron chi connectivity index (χ4n) is 1.88. The zero-order valence-corrected chi connectivity index (χ0v) is 12.1. The van der Waals surface area contributed by atoms with Gasteiger partial charge < -0.3 is 11.1 Å². The van der Waals surface area contributed by atoms with Crippen LogP contribution in [0.5, 0.6) is 0 Å². The molecule has 0 atom stereocenters. The van der Waals surface area contributed by atoms with Crippen LogP contribution < -0.4 is 11.1 Å². The summed E-state index contributed by atoms with van der Waals surface area (Å²) in [5.41, 5.74) is 7.99. The molecule has 0 bridgehead atoms. The zero-order chi connectivity index (χ0) is 15.7. The van der Waals surface area contributed by atoms with E-state index in [4.69, 9.17) is 16.3 Å². The number of carbonyl (C=O) groups excluding carboxylic acids is 1. The zero-order valence-electron chi connectivity index (χ0n) is 12.1. The van der Waals surface area contributed by atoms with Gasteiger partial charge in [0.25, 0.3) is 0 Å². The van der Waals surface area contributed by atoms with Crippen LogP contribution in [0.4, 0.5) is 11.4 Å². The summed E-state index contributed by atoms with van der Waals surface area (Å²) in [6, 6.07) is 9.39. The van der Waals surface area contributed by atoms with Crippen molar-refractivity contribution in [3.63, 3.8) is 0 Å². The topological polar surface area (TPSA) is 106 Å². The smallest absolute Gasteiger partial charge is 0.224 e. The van der Waals surface area contributed by atoms with E-state index in [1.807, 2.05) is 19.1 Å². The predicted molar refractivity (Wildman–Crippen MR) is 81.1 cm³/mol. The molecule has 6 heteroatoms. The minimum Gasteiger partial charge on any atom is -0.398 e. The van der Waals surface area contributed by atoms with E-state index in [1.54, 1.807) is 23.1 Å². The van der Waals surface area contributed by atoms with Crippen LogP contribution in [0.1, 0.15) is 18.4 Å². The second-order valence-corrected chi connectivity index (χ2v) is 4.70. The average Bonchev–Trinajstić information content (AvgIpc) is 2.44. The number of hydrogen-bond donors (Lipinski definition) is 2. The van der Waals surface area contributed by atoms with Crippen molar-refractivity contribution in [2.45, 2.75) is 19.8 Å². The van der Waals surface area contributed by atoms with E-state index >= 15 is 0 Å². The number of anilines is 2. The maximum absolute atomic E-state index is 11.9. The maximum atomic E-state index is 11.9. The molecular weight excluding hydrogens is 266 g/mol. The Bertz CT molecular complexity index is 554. The van der Waals surface area contributed by atoms with Crippen molar-refractivity contribution in [2.24, 2.45) is 0 Å². The highest BCUT2D eigenvalue weighted by Gasteiger charge is 2.08. The lowest BCUT2D eigenvalue weighted by Crippen LogP contribution is -2.26. The minimum atomic E-state index is -0.0995. The van der Waals surface area contributed by atoms with E-state index in [2.05, 4.69) is 5.32 Å². The Kier molecular flexibility index (Phi) is 6.73. The van der Waals surface area contributed by atoms with Gasteiger partial charge in [0.15, 0.2) is 0 Å². The summed E-state index contributed by atoms with van der Waals surface area (Å²) in [4.78, 5) is 13.6. The van der Waals surface area contributed by atoms with Crippen molar-refractivity contribution in [1.29, 1.82) is 10.5 Å². The summed E-state index contributed by atoms with van der Waals surface area (Å²) in [6.45, 7) is 2.80. The van der Waals surface area contributed by atoms with E-state index in [0.29, 0.717) is 30.8 Å². The fraction of sp³-hybridized carbons (Fsp3) is 0.400. The van der Waals surface area contributed by atoms with Gasteiger partial charge in [-0.15, -0.1) is 0 Å². The number of nitriles is 2. The first kappa shape index (κ1) is 16.5.